The largest absolute Gasteiger partial charge is 0.489 e. The smallest absolute Gasteiger partial charge is 0.424 e. The molecule has 0 spiro atoms. The Bertz CT molecular complexity index is 1810. The highest BCUT2D eigenvalue weighted by atomic mass is 35.5. The lowest BCUT2D eigenvalue weighted by atomic mass is 9.81. The number of ether oxygens (including phenoxy) is 1. The molecule has 15 heteroatoms. The average Bonchev–Trinajstić information content (AvgIpc) is 3.62. The summed E-state index contributed by atoms with van der Waals surface area (Å²) in [6, 6.07) is 6.31. The molecule has 2 aliphatic rings. The number of alkyl halides is 4. The minimum absolute atomic E-state index is 0.0473. The van der Waals surface area contributed by atoms with Gasteiger partial charge in [-0.2, -0.15) is 13.2 Å². The second-order valence-electron chi connectivity index (χ2n) is 10.9. The van der Waals surface area contributed by atoms with Crippen LogP contribution in [0.5, 0.6) is 5.75 Å². The van der Waals surface area contributed by atoms with Crippen LogP contribution in [0, 0.1) is 5.82 Å². The normalized spacial score (nSPS) is 19.3. The van der Waals surface area contributed by atoms with Gasteiger partial charge in [-0.1, -0.05) is 11.6 Å². The molecule has 1 fully saturated rings. The molecule has 1 aromatic carbocycles. The van der Waals surface area contributed by atoms with Crippen LogP contribution in [0.3, 0.4) is 0 Å². The summed E-state index contributed by atoms with van der Waals surface area (Å²) < 4.78 is 79.0. The summed E-state index contributed by atoms with van der Waals surface area (Å²) in [5, 5.41) is 13.4. The van der Waals surface area contributed by atoms with Crippen molar-refractivity contribution in [1.82, 2.24) is 19.7 Å². The van der Waals surface area contributed by atoms with Gasteiger partial charge in [-0.3, -0.25) is 9.59 Å². The maximum atomic E-state index is 14.7. The number of rotatable bonds is 8. The number of aromatic nitrogens is 3. The standard InChI is InChI=1S/C29H23ClF5N5O4/c30-19-7-16(9-40-10-20(14-1-2-14)38-24(19)40)25(41)37-12-28(43,29(33,34)35)21-8-18-23(44-13-27(18,11-31)26(36)42)22(39-21)15-3-5-17(32)6-4-15/h3-10,14,43H,1-2,11-13H2,(H2,36,42)(H,37,41)/t27-,28-/m0/s1. The number of aliphatic hydroxyl groups is 1. The van der Waals surface area contributed by atoms with Crippen LogP contribution in [0.15, 0.2) is 48.8 Å². The van der Waals surface area contributed by atoms with Crippen LogP contribution in [0.2, 0.25) is 5.02 Å². The van der Waals surface area contributed by atoms with Gasteiger partial charge < -0.3 is 25.3 Å². The zero-order chi connectivity index (χ0) is 31.6. The quantitative estimate of drug-likeness (QED) is 0.247. The molecule has 0 radical (unpaired) electrons. The van der Waals surface area contributed by atoms with E-state index in [9.17, 15) is 36.6 Å². The van der Waals surface area contributed by atoms with Crippen LogP contribution in [0.1, 0.15) is 46.1 Å². The number of pyridine rings is 2. The molecule has 4 heterocycles. The summed E-state index contributed by atoms with van der Waals surface area (Å²) >= 11 is 6.30. The van der Waals surface area contributed by atoms with Crippen LogP contribution in [0.25, 0.3) is 16.9 Å². The fourth-order valence-electron chi connectivity index (χ4n) is 5.13. The van der Waals surface area contributed by atoms with Gasteiger partial charge in [0.2, 0.25) is 11.5 Å². The number of primary amides is 1. The summed E-state index contributed by atoms with van der Waals surface area (Å²) in [7, 11) is 0. The van der Waals surface area contributed by atoms with Crippen molar-refractivity contribution in [3.63, 3.8) is 0 Å². The first-order valence-corrected chi connectivity index (χ1v) is 13.7. The monoisotopic (exact) mass is 635 g/mol. The summed E-state index contributed by atoms with van der Waals surface area (Å²) in [5.41, 5.74) is -1.27. The van der Waals surface area contributed by atoms with Crippen molar-refractivity contribution >= 4 is 29.1 Å². The first kappa shape index (κ1) is 29.8. The zero-order valence-electron chi connectivity index (χ0n) is 22.6. The third-order valence-corrected chi connectivity index (χ3v) is 8.23. The van der Waals surface area contributed by atoms with Crippen molar-refractivity contribution in [1.29, 1.82) is 0 Å². The van der Waals surface area contributed by atoms with Gasteiger partial charge >= 0.3 is 6.18 Å². The predicted molar refractivity (Wildman–Crippen MR) is 146 cm³/mol. The highest BCUT2D eigenvalue weighted by Gasteiger charge is 2.58. The lowest BCUT2D eigenvalue weighted by molar-refractivity contribution is -0.265. The third-order valence-electron chi connectivity index (χ3n) is 7.95. The maximum absolute atomic E-state index is 14.7. The second kappa shape index (κ2) is 10.4. The number of nitrogens with zero attached hydrogens (tertiary/aromatic N) is 3. The molecule has 0 unspecified atom stereocenters. The summed E-state index contributed by atoms with van der Waals surface area (Å²) in [6.07, 6.45) is -0.491. The van der Waals surface area contributed by atoms with E-state index in [2.05, 4.69) is 15.3 Å². The van der Waals surface area contributed by atoms with Crippen molar-refractivity contribution in [2.75, 3.05) is 19.8 Å². The number of fused-ring (bicyclic) bond motifs is 2. The Labute approximate surface area is 250 Å². The molecule has 3 aromatic heterocycles. The van der Waals surface area contributed by atoms with Crippen molar-refractivity contribution in [2.45, 2.75) is 36.0 Å². The number of amides is 2. The van der Waals surface area contributed by atoms with Gasteiger partial charge in [0.15, 0.2) is 5.65 Å². The Morgan fingerprint density at radius 3 is 2.48 bits per heavy atom. The number of hydrogen-bond donors (Lipinski definition) is 3. The SMILES string of the molecule is NC(=O)[C@@]1(CF)COc2c1cc([C@@](O)(CNC(=O)c1cc(Cl)c3nc(C4CC4)cn3c1)C(F)(F)F)nc2-c1ccc(F)cc1. The predicted octanol–water partition coefficient (Wildman–Crippen LogP) is 4.33. The van der Waals surface area contributed by atoms with Crippen molar-refractivity contribution < 1.29 is 41.4 Å². The van der Waals surface area contributed by atoms with E-state index in [-0.39, 0.29) is 39.1 Å². The molecule has 0 saturated heterocycles. The molecular formula is C29H23ClF5N5O4. The van der Waals surface area contributed by atoms with Gasteiger partial charge in [0.05, 0.1) is 28.5 Å². The highest BCUT2D eigenvalue weighted by molar-refractivity contribution is 6.33. The molecule has 9 nitrogen and oxygen atoms in total. The number of imidazole rings is 1. The van der Waals surface area contributed by atoms with Crippen LogP contribution in [0.4, 0.5) is 22.0 Å². The molecule has 1 aliphatic carbocycles. The van der Waals surface area contributed by atoms with E-state index in [1.807, 2.05) is 0 Å². The van der Waals surface area contributed by atoms with Gasteiger partial charge in [0.1, 0.15) is 36.0 Å². The Morgan fingerprint density at radius 1 is 1.16 bits per heavy atom. The lowest BCUT2D eigenvalue weighted by Gasteiger charge is -2.31. The molecule has 4 aromatic rings. The molecule has 230 valence electrons. The Kier molecular flexibility index (Phi) is 7.04. The van der Waals surface area contributed by atoms with Crippen LogP contribution in [-0.2, 0) is 15.8 Å². The van der Waals surface area contributed by atoms with Crippen molar-refractivity contribution in [3.8, 4) is 17.0 Å². The molecule has 1 aliphatic heterocycles. The molecule has 1 saturated carbocycles. The zero-order valence-corrected chi connectivity index (χ0v) is 23.3. The summed E-state index contributed by atoms with van der Waals surface area (Å²) in [5.74, 6) is -2.86. The van der Waals surface area contributed by atoms with Crippen molar-refractivity contribution in [2.24, 2.45) is 5.73 Å². The number of nitrogens with one attached hydrogen (secondary N) is 1. The molecule has 2 atom stereocenters. The maximum Gasteiger partial charge on any atom is 0.424 e. The Morgan fingerprint density at radius 2 is 1.86 bits per heavy atom. The Balaban J connectivity index is 1.41. The fraction of sp³-hybridized carbons (Fsp3) is 0.310. The fourth-order valence-corrected chi connectivity index (χ4v) is 5.38. The summed E-state index contributed by atoms with van der Waals surface area (Å²) in [4.78, 5) is 33.9. The number of hydrogen-bond acceptors (Lipinski definition) is 6. The first-order valence-electron chi connectivity index (χ1n) is 13.3. The van der Waals surface area contributed by atoms with Gasteiger partial charge in [-0.25, -0.2) is 18.7 Å². The number of benzene rings is 1. The molecule has 44 heavy (non-hydrogen) atoms. The number of carbonyl (C=O) groups excluding carboxylic acids is 2. The van der Waals surface area contributed by atoms with E-state index in [0.717, 1.165) is 30.7 Å². The molecule has 2 amide bonds. The molecule has 0 bridgehead atoms. The number of carbonyl (C=O) groups is 2. The highest BCUT2D eigenvalue weighted by Crippen LogP contribution is 2.48. The minimum atomic E-state index is -5.45. The van der Waals surface area contributed by atoms with E-state index < -0.39 is 60.3 Å². The average molecular weight is 636 g/mol. The van der Waals surface area contributed by atoms with Crippen LogP contribution in [-0.4, -0.2) is 57.3 Å². The first-order chi connectivity index (χ1) is 20.8. The van der Waals surface area contributed by atoms with E-state index in [4.69, 9.17) is 22.1 Å². The topological polar surface area (TPSA) is 132 Å². The van der Waals surface area contributed by atoms with Gasteiger partial charge in [0.25, 0.3) is 5.91 Å². The van der Waals surface area contributed by atoms with E-state index in [1.165, 1.54) is 28.8 Å². The number of nitrogens with two attached hydrogens (primary N) is 1. The van der Waals surface area contributed by atoms with Crippen molar-refractivity contribution in [3.05, 3.63) is 82.1 Å². The second-order valence-corrected chi connectivity index (χ2v) is 11.3. The van der Waals surface area contributed by atoms with E-state index in [0.29, 0.717) is 11.7 Å². The molecule has 4 N–H and O–H groups in total. The Hall–Kier alpha value is -4.30. The lowest BCUT2D eigenvalue weighted by Crippen LogP contribution is -2.52. The van der Waals surface area contributed by atoms with Crippen LogP contribution >= 0.6 is 11.6 Å². The molecule has 6 rings (SSSR count). The van der Waals surface area contributed by atoms with Gasteiger partial charge in [0, 0.05) is 29.4 Å². The van der Waals surface area contributed by atoms with E-state index >= 15 is 0 Å². The third kappa shape index (κ3) is 4.81. The minimum Gasteiger partial charge on any atom is -0.489 e. The van der Waals surface area contributed by atoms with Crippen LogP contribution < -0.4 is 15.8 Å². The molecular weight excluding hydrogens is 613 g/mol. The number of halogens is 6. The van der Waals surface area contributed by atoms with Gasteiger partial charge in [-0.15, -0.1) is 0 Å². The van der Waals surface area contributed by atoms with E-state index in [1.54, 1.807) is 6.20 Å². The van der Waals surface area contributed by atoms with Gasteiger partial charge in [-0.05, 0) is 49.2 Å². The summed E-state index contributed by atoms with van der Waals surface area (Å²) in [6.45, 7) is -3.51.